The Hall–Kier alpha value is -1.23. The van der Waals surface area contributed by atoms with Crippen LogP contribution in [0.1, 0.15) is 18.4 Å². The third-order valence-corrected chi connectivity index (χ3v) is 2.04. The van der Waals surface area contributed by atoms with E-state index in [1.807, 2.05) is 26.0 Å². The first kappa shape index (κ1) is 10.8. The number of nitrogens with zero attached hydrogens (tertiary/aromatic N) is 2. The summed E-state index contributed by atoms with van der Waals surface area (Å²) >= 11 is 1.16. The molecule has 0 atom stereocenters. The summed E-state index contributed by atoms with van der Waals surface area (Å²) in [6.45, 7) is 7.66. The lowest BCUT2D eigenvalue weighted by molar-refractivity contribution is 0.486. The third kappa shape index (κ3) is 3.66. The minimum Gasteiger partial charge on any atom is -0.464 e. The summed E-state index contributed by atoms with van der Waals surface area (Å²) in [6, 6.07) is 3.85. The summed E-state index contributed by atoms with van der Waals surface area (Å²) < 4.78 is 11.9. The van der Waals surface area contributed by atoms with Crippen molar-refractivity contribution in [2.24, 2.45) is 9.39 Å². The Balaban J connectivity index is 2.41. The molecule has 0 aliphatic rings. The van der Waals surface area contributed by atoms with Crippen LogP contribution in [0.4, 0.5) is 0 Å². The van der Waals surface area contributed by atoms with Crippen LogP contribution in [0, 0.1) is 6.92 Å². The number of amidine groups is 1. The fourth-order valence-electron chi connectivity index (χ4n) is 0.897. The van der Waals surface area contributed by atoms with Gasteiger partial charge >= 0.3 is 0 Å². The highest BCUT2D eigenvalue weighted by atomic mass is 32.2. The van der Waals surface area contributed by atoms with Crippen LogP contribution < -0.4 is 4.72 Å². The van der Waals surface area contributed by atoms with Crippen molar-refractivity contribution >= 4 is 24.7 Å². The minimum atomic E-state index is 0.546. The molecule has 0 saturated carbocycles. The molecule has 0 amide bonds. The van der Waals surface area contributed by atoms with Crippen LogP contribution in [0.2, 0.25) is 0 Å². The van der Waals surface area contributed by atoms with Gasteiger partial charge in [-0.05, 0) is 26.0 Å². The van der Waals surface area contributed by atoms with Gasteiger partial charge < -0.3 is 4.42 Å². The van der Waals surface area contributed by atoms with Crippen LogP contribution >= 0.6 is 12.1 Å². The van der Waals surface area contributed by atoms with Crippen LogP contribution in [-0.2, 0) is 6.54 Å². The maximum Gasteiger partial charge on any atom is 0.125 e. The van der Waals surface area contributed by atoms with Crippen LogP contribution in [0.3, 0.4) is 0 Å². The van der Waals surface area contributed by atoms with Gasteiger partial charge in [0.15, 0.2) is 0 Å². The van der Waals surface area contributed by atoms with Crippen LogP contribution in [0.25, 0.3) is 0 Å². The molecule has 0 bridgehead atoms. The summed E-state index contributed by atoms with van der Waals surface area (Å²) in [7, 11) is 0. The molecular formula is C9H13N3OS. The molecule has 76 valence electrons. The zero-order chi connectivity index (χ0) is 10.4. The molecule has 0 radical (unpaired) electrons. The molecule has 4 nitrogen and oxygen atoms in total. The Bertz CT molecular complexity index is 333. The molecule has 1 heterocycles. The molecule has 0 saturated heterocycles. The fourth-order valence-corrected chi connectivity index (χ4v) is 1.16. The van der Waals surface area contributed by atoms with E-state index < -0.39 is 0 Å². The van der Waals surface area contributed by atoms with E-state index in [1.165, 1.54) is 0 Å². The van der Waals surface area contributed by atoms with Gasteiger partial charge in [0.25, 0.3) is 0 Å². The highest BCUT2D eigenvalue weighted by Gasteiger charge is 1.96. The van der Waals surface area contributed by atoms with Crippen molar-refractivity contribution < 1.29 is 4.42 Å². The Morgan fingerprint density at radius 3 is 3.00 bits per heavy atom. The number of furan rings is 1. The molecule has 0 aliphatic heterocycles. The van der Waals surface area contributed by atoms with Gasteiger partial charge in [-0.25, -0.2) is 4.40 Å². The van der Waals surface area contributed by atoms with Gasteiger partial charge in [-0.2, -0.15) is 0 Å². The highest BCUT2D eigenvalue weighted by molar-refractivity contribution is 7.96. The molecule has 0 aliphatic carbocycles. The molecule has 0 unspecified atom stereocenters. The number of rotatable bonds is 4. The van der Waals surface area contributed by atoms with Crippen LogP contribution in [0.15, 0.2) is 25.9 Å². The van der Waals surface area contributed by atoms with Crippen molar-refractivity contribution in [1.29, 1.82) is 0 Å². The smallest absolute Gasteiger partial charge is 0.125 e. The Kier molecular flexibility index (Phi) is 4.25. The summed E-state index contributed by atoms with van der Waals surface area (Å²) in [6.07, 6.45) is 0. The van der Waals surface area contributed by atoms with Gasteiger partial charge in [0, 0.05) is 6.72 Å². The van der Waals surface area contributed by atoms with Gasteiger partial charge in [0.05, 0.1) is 18.7 Å². The van der Waals surface area contributed by atoms with E-state index in [0.717, 1.165) is 29.5 Å². The molecule has 1 aromatic heterocycles. The van der Waals surface area contributed by atoms with Crippen molar-refractivity contribution in [2.75, 3.05) is 0 Å². The normalized spacial score (nSPS) is 11.4. The van der Waals surface area contributed by atoms with Gasteiger partial charge in [-0.1, -0.05) is 0 Å². The maximum absolute atomic E-state index is 5.36. The van der Waals surface area contributed by atoms with E-state index in [9.17, 15) is 0 Å². The van der Waals surface area contributed by atoms with Crippen molar-refractivity contribution in [3.63, 3.8) is 0 Å². The second-order valence-corrected chi connectivity index (χ2v) is 3.38. The highest BCUT2D eigenvalue weighted by Crippen LogP contribution is 2.07. The lowest BCUT2D eigenvalue weighted by Crippen LogP contribution is -2.10. The van der Waals surface area contributed by atoms with Crippen molar-refractivity contribution in [3.8, 4) is 0 Å². The summed E-state index contributed by atoms with van der Waals surface area (Å²) in [5, 5.41) is 0. The van der Waals surface area contributed by atoms with E-state index in [1.54, 1.807) is 0 Å². The van der Waals surface area contributed by atoms with Crippen molar-refractivity contribution in [2.45, 2.75) is 20.4 Å². The Morgan fingerprint density at radius 1 is 1.64 bits per heavy atom. The quantitative estimate of drug-likeness (QED) is 0.472. The van der Waals surface area contributed by atoms with E-state index >= 15 is 0 Å². The minimum absolute atomic E-state index is 0.546. The van der Waals surface area contributed by atoms with Gasteiger partial charge in [0.2, 0.25) is 0 Å². The first-order valence-corrected chi connectivity index (χ1v) is 4.94. The second-order valence-electron chi connectivity index (χ2n) is 2.74. The van der Waals surface area contributed by atoms with E-state index in [2.05, 4.69) is 20.8 Å². The van der Waals surface area contributed by atoms with Gasteiger partial charge in [0.1, 0.15) is 17.4 Å². The predicted molar refractivity (Wildman–Crippen MR) is 60.5 cm³/mol. The lowest BCUT2D eigenvalue weighted by Gasteiger charge is -1.98. The SMILES string of the molecule is C=NSNC(C)=NCc1ccc(C)o1. The summed E-state index contributed by atoms with van der Waals surface area (Å²) in [4.78, 5) is 4.25. The molecule has 0 aromatic carbocycles. The zero-order valence-electron chi connectivity index (χ0n) is 8.28. The van der Waals surface area contributed by atoms with Crippen LogP contribution in [0.5, 0.6) is 0 Å². The van der Waals surface area contributed by atoms with Crippen molar-refractivity contribution in [3.05, 3.63) is 23.7 Å². The molecular weight excluding hydrogens is 198 g/mol. The maximum atomic E-state index is 5.36. The molecule has 0 fully saturated rings. The first-order chi connectivity index (χ1) is 6.72. The number of hydrogen-bond acceptors (Lipinski definition) is 4. The third-order valence-electron chi connectivity index (χ3n) is 1.53. The summed E-state index contributed by atoms with van der Waals surface area (Å²) in [5.41, 5.74) is 0. The Labute approximate surface area is 87.8 Å². The first-order valence-electron chi connectivity index (χ1n) is 4.17. The monoisotopic (exact) mass is 211 g/mol. The van der Waals surface area contributed by atoms with Crippen molar-refractivity contribution in [1.82, 2.24) is 4.72 Å². The standard InChI is InChI=1S/C9H13N3OS/c1-7-4-5-9(13-7)6-11-8(2)12-14-10-3/h4-5H,3,6H2,1-2H3,(H,11,12). The molecule has 1 aromatic rings. The average Bonchev–Trinajstić information content (AvgIpc) is 2.58. The summed E-state index contributed by atoms with van der Waals surface area (Å²) in [5.74, 6) is 2.57. The Morgan fingerprint density at radius 2 is 2.43 bits per heavy atom. The van der Waals surface area contributed by atoms with E-state index in [-0.39, 0.29) is 0 Å². The average molecular weight is 211 g/mol. The molecule has 0 spiro atoms. The number of aryl methyl sites for hydroxylation is 1. The topological polar surface area (TPSA) is 49.9 Å². The van der Waals surface area contributed by atoms with E-state index in [4.69, 9.17) is 4.42 Å². The van der Waals surface area contributed by atoms with Crippen LogP contribution in [-0.4, -0.2) is 12.6 Å². The molecule has 1 N–H and O–H groups in total. The lowest BCUT2D eigenvalue weighted by atomic mass is 10.4. The van der Waals surface area contributed by atoms with E-state index in [0.29, 0.717) is 6.54 Å². The zero-order valence-corrected chi connectivity index (χ0v) is 9.10. The number of hydrogen-bond donors (Lipinski definition) is 1. The molecule has 5 heteroatoms. The largest absolute Gasteiger partial charge is 0.464 e. The molecule has 1 rings (SSSR count). The molecule has 14 heavy (non-hydrogen) atoms. The van der Waals surface area contributed by atoms with Gasteiger partial charge in [-0.3, -0.25) is 9.71 Å². The number of aliphatic imine (C=N–C) groups is 1. The number of nitrogens with one attached hydrogen (secondary N) is 1. The van der Waals surface area contributed by atoms with Gasteiger partial charge in [-0.15, -0.1) is 0 Å². The predicted octanol–water partition coefficient (Wildman–Crippen LogP) is 2.36. The fraction of sp³-hybridized carbons (Fsp3) is 0.333. The second kappa shape index (κ2) is 5.49.